The van der Waals surface area contributed by atoms with E-state index in [0.717, 1.165) is 17.2 Å². The molecular formula is C30H35Cl2F3N2O2. The maximum Gasteiger partial charge on any atom is 0.417 e. The van der Waals surface area contributed by atoms with Crippen molar-refractivity contribution in [3.63, 3.8) is 0 Å². The molecule has 1 atom stereocenters. The number of nitrogens with zero attached hydrogens (tertiary/aromatic N) is 2. The molecule has 0 fully saturated rings. The summed E-state index contributed by atoms with van der Waals surface area (Å²) in [6, 6.07) is 21.5. The summed E-state index contributed by atoms with van der Waals surface area (Å²) in [6.07, 6.45) is -3.54. The summed E-state index contributed by atoms with van der Waals surface area (Å²) in [7, 11) is 3.44. The standard InChI is InChI=1S/C30H34ClF3N2O2.ClH/c1-22(24-11-5-4-6-12-24)20-36(21-25-13-8-15-27(29(25)31)30(32,33)34)16-9-17-38-26-14-7-10-23(18-26)19-28(37)35(2)3;/h4-8,10-15,18,22H,9,16-17,19-21H2,1-3H3;1H/t22-;/m0./s1. The zero-order valence-corrected chi connectivity index (χ0v) is 24.0. The van der Waals surface area contributed by atoms with E-state index in [-0.39, 0.29) is 29.3 Å². The lowest BCUT2D eigenvalue weighted by atomic mass is 10.00. The van der Waals surface area contributed by atoms with Gasteiger partial charge in [0.2, 0.25) is 5.91 Å². The monoisotopic (exact) mass is 582 g/mol. The molecule has 1 amide bonds. The highest BCUT2D eigenvalue weighted by Gasteiger charge is 2.34. The molecule has 3 rings (SSSR count). The molecular weight excluding hydrogens is 548 g/mol. The van der Waals surface area contributed by atoms with Crippen molar-refractivity contribution in [3.8, 4) is 5.75 Å². The van der Waals surface area contributed by atoms with Crippen LogP contribution >= 0.6 is 24.0 Å². The lowest BCUT2D eigenvalue weighted by molar-refractivity contribution is -0.137. The molecule has 3 aromatic carbocycles. The highest BCUT2D eigenvalue weighted by molar-refractivity contribution is 6.32. The van der Waals surface area contributed by atoms with Gasteiger partial charge in [-0.1, -0.05) is 73.1 Å². The lowest BCUT2D eigenvalue weighted by Crippen LogP contribution is -2.30. The molecule has 0 heterocycles. The average molecular weight is 584 g/mol. The number of hydrogen-bond donors (Lipinski definition) is 0. The quantitative estimate of drug-likeness (QED) is 0.207. The molecule has 0 bridgehead atoms. The Balaban J connectivity index is 0.00000533. The molecule has 0 aromatic heterocycles. The summed E-state index contributed by atoms with van der Waals surface area (Å²) < 4.78 is 46.2. The second kappa shape index (κ2) is 15.2. The van der Waals surface area contributed by atoms with Gasteiger partial charge in [0.15, 0.2) is 0 Å². The molecule has 3 aromatic rings. The molecule has 0 aliphatic carbocycles. The normalized spacial score (nSPS) is 12.1. The van der Waals surface area contributed by atoms with Gasteiger partial charge in [-0.15, -0.1) is 12.4 Å². The van der Waals surface area contributed by atoms with Crippen molar-refractivity contribution in [1.29, 1.82) is 0 Å². The van der Waals surface area contributed by atoms with Gasteiger partial charge in [-0.3, -0.25) is 9.69 Å². The third kappa shape index (κ3) is 10.1. The van der Waals surface area contributed by atoms with Crippen molar-refractivity contribution in [2.45, 2.75) is 38.4 Å². The van der Waals surface area contributed by atoms with Gasteiger partial charge in [-0.25, -0.2) is 0 Å². The molecule has 4 nitrogen and oxygen atoms in total. The minimum absolute atomic E-state index is 0. The molecule has 0 N–H and O–H groups in total. The average Bonchev–Trinajstić information content (AvgIpc) is 2.87. The van der Waals surface area contributed by atoms with Crippen LogP contribution in [-0.2, 0) is 23.9 Å². The Labute approximate surface area is 240 Å². The van der Waals surface area contributed by atoms with Crippen molar-refractivity contribution in [1.82, 2.24) is 9.80 Å². The van der Waals surface area contributed by atoms with E-state index in [4.69, 9.17) is 16.3 Å². The Morgan fingerprint density at radius 1 is 1.00 bits per heavy atom. The Morgan fingerprint density at radius 2 is 1.69 bits per heavy atom. The number of carbonyl (C=O) groups is 1. The van der Waals surface area contributed by atoms with Gasteiger partial charge >= 0.3 is 6.18 Å². The van der Waals surface area contributed by atoms with E-state index in [1.807, 2.05) is 42.5 Å². The highest BCUT2D eigenvalue weighted by atomic mass is 35.5. The maximum atomic E-state index is 13.4. The largest absolute Gasteiger partial charge is 0.494 e. The van der Waals surface area contributed by atoms with Crippen LogP contribution in [0.1, 0.15) is 41.5 Å². The van der Waals surface area contributed by atoms with E-state index < -0.39 is 11.7 Å². The van der Waals surface area contributed by atoms with Crippen LogP contribution in [0.3, 0.4) is 0 Å². The third-order valence-electron chi connectivity index (χ3n) is 6.32. The third-order valence-corrected chi connectivity index (χ3v) is 6.77. The predicted molar refractivity (Wildman–Crippen MR) is 153 cm³/mol. The summed E-state index contributed by atoms with van der Waals surface area (Å²) in [5.74, 6) is 0.866. The Hall–Kier alpha value is -2.74. The summed E-state index contributed by atoms with van der Waals surface area (Å²) in [5, 5.41) is -0.252. The Bertz CT molecular complexity index is 1190. The summed E-state index contributed by atoms with van der Waals surface area (Å²) in [4.78, 5) is 15.7. The number of likely N-dealkylation sites (N-methyl/N-ethyl adjacent to an activating group) is 1. The fourth-order valence-corrected chi connectivity index (χ4v) is 4.52. The lowest BCUT2D eigenvalue weighted by Gasteiger charge is -2.27. The van der Waals surface area contributed by atoms with Crippen molar-refractivity contribution in [2.75, 3.05) is 33.8 Å². The van der Waals surface area contributed by atoms with E-state index >= 15 is 0 Å². The molecule has 212 valence electrons. The second-order valence-corrected chi connectivity index (χ2v) is 10.0. The van der Waals surface area contributed by atoms with Crippen LogP contribution in [0.15, 0.2) is 72.8 Å². The number of halogens is 5. The molecule has 0 spiro atoms. The minimum atomic E-state index is -4.51. The van der Waals surface area contributed by atoms with Crippen LogP contribution in [0, 0.1) is 0 Å². The van der Waals surface area contributed by atoms with Gasteiger partial charge in [0.05, 0.1) is 23.6 Å². The van der Waals surface area contributed by atoms with Crippen molar-refractivity contribution in [2.24, 2.45) is 0 Å². The van der Waals surface area contributed by atoms with Gasteiger partial charge in [0, 0.05) is 33.7 Å². The van der Waals surface area contributed by atoms with Crippen LogP contribution < -0.4 is 4.74 Å². The number of amides is 1. The first-order valence-electron chi connectivity index (χ1n) is 12.6. The summed E-state index contributed by atoms with van der Waals surface area (Å²) >= 11 is 6.20. The van der Waals surface area contributed by atoms with Crippen LogP contribution in [0.2, 0.25) is 5.02 Å². The Morgan fingerprint density at radius 3 is 2.36 bits per heavy atom. The number of alkyl halides is 3. The van der Waals surface area contributed by atoms with Crippen molar-refractivity contribution < 1.29 is 22.7 Å². The number of rotatable bonds is 12. The van der Waals surface area contributed by atoms with Crippen molar-refractivity contribution >= 4 is 29.9 Å². The molecule has 39 heavy (non-hydrogen) atoms. The van der Waals surface area contributed by atoms with E-state index in [2.05, 4.69) is 24.0 Å². The van der Waals surface area contributed by atoms with Crippen LogP contribution in [0.4, 0.5) is 13.2 Å². The smallest absolute Gasteiger partial charge is 0.417 e. The molecule has 0 aliphatic heterocycles. The van der Waals surface area contributed by atoms with Gasteiger partial charge in [0.25, 0.3) is 0 Å². The van der Waals surface area contributed by atoms with E-state index in [1.165, 1.54) is 6.07 Å². The molecule has 0 unspecified atom stereocenters. The molecule has 0 saturated heterocycles. The highest BCUT2D eigenvalue weighted by Crippen LogP contribution is 2.36. The van der Waals surface area contributed by atoms with Crippen LogP contribution in [0.25, 0.3) is 0 Å². The van der Waals surface area contributed by atoms with Gasteiger partial charge < -0.3 is 9.64 Å². The minimum Gasteiger partial charge on any atom is -0.494 e. The number of hydrogen-bond acceptors (Lipinski definition) is 3. The molecule has 0 saturated carbocycles. The zero-order valence-electron chi connectivity index (χ0n) is 22.4. The van der Waals surface area contributed by atoms with E-state index in [1.54, 1.807) is 25.1 Å². The Kier molecular flexibility index (Phi) is 12.6. The maximum absolute atomic E-state index is 13.4. The predicted octanol–water partition coefficient (Wildman–Crippen LogP) is 7.49. The number of benzene rings is 3. The van der Waals surface area contributed by atoms with Crippen LogP contribution in [-0.4, -0.2) is 49.5 Å². The first-order valence-corrected chi connectivity index (χ1v) is 13.0. The molecule has 0 aliphatic rings. The second-order valence-electron chi connectivity index (χ2n) is 9.64. The fraction of sp³-hybridized carbons (Fsp3) is 0.367. The van der Waals surface area contributed by atoms with Gasteiger partial charge in [0.1, 0.15) is 5.75 Å². The summed E-state index contributed by atoms with van der Waals surface area (Å²) in [6.45, 7) is 4.09. The zero-order chi connectivity index (χ0) is 27.7. The fourth-order valence-electron chi connectivity index (χ4n) is 4.23. The SMILES string of the molecule is C[C@@H](CN(CCCOc1cccc(CC(=O)N(C)C)c1)Cc1cccc(C(F)(F)F)c1Cl)c1ccccc1.Cl. The van der Waals surface area contributed by atoms with Crippen LogP contribution in [0.5, 0.6) is 5.75 Å². The number of carbonyl (C=O) groups excluding carboxylic acids is 1. The van der Waals surface area contributed by atoms with E-state index in [9.17, 15) is 18.0 Å². The molecule has 0 radical (unpaired) electrons. The van der Waals surface area contributed by atoms with Gasteiger partial charge in [-0.2, -0.15) is 13.2 Å². The first kappa shape index (κ1) is 32.5. The topological polar surface area (TPSA) is 32.8 Å². The first-order chi connectivity index (χ1) is 18.0. The number of ether oxygens (including phenoxy) is 1. The van der Waals surface area contributed by atoms with Crippen molar-refractivity contribution in [3.05, 3.63) is 100 Å². The van der Waals surface area contributed by atoms with Gasteiger partial charge in [-0.05, 0) is 47.2 Å². The molecule has 9 heteroatoms. The summed E-state index contributed by atoms with van der Waals surface area (Å²) in [5.41, 5.74) is 1.66. The van der Waals surface area contributed by atoms with E-state index in [0.29, 0.717) is 50.4 Å².